The highest BCUT2D eigenvalue weighted by Crippen LogP contribution is 2.41. The summed E-state index contributed by atoms with van der Waals surface area (Å²) in [6.45, 7) is 14.6. The van der Waals surface area contributed by atoms with E-state index in [1.165, 1.54) is 0 Å². The quantitative estimate of drug-likeness (QED) is 0.579. The molecule has 2 fully saturated rings. The van der Waals surface area contributed by atoms with Crippen LogP contribution in [-0.4, -0.2) is 45.0 Å². The molecular weight excluding hydrogens is 276 g/mol. The number of hydrogen-bond acceptors (Lipinski definition) is 5. The minimum atomic E-state index is -2.08. The first-order valence-corrected chi connectivity index (χ1v) is 10.0. The van der Waals surface area contributed by atoms with Gasteiger partial charge in [0.15, 0.2) is 20.2 Å². The SMILES string of the molecule is CC1(C)O[C@H]2[C@H](O[Si](C)(C)C(C)(C)C)C(=O)OC[C@H]2O1. The van der Waals surface area contributed by atoms with E-state index in [4.69, 9.17) is 18.6 Å². The first kappa shape index (κ1) is 15.9. The minimum Gasteiger partial charge on any atom is -0.461 e. The largest absolute Gasteiger partial charge is 0.461 e. The van der Waals surface area contributed by atoms with E-state index in [-0.39, 0.29) is 29.8 Å². The van der Waals surface area contributed by atoms with Crippen molar-refractivity contribution >= 4 is 14.3 Å². The molecule has 0 bridgehead atoms. The maximum absolute atomic E-state index is 12.1. The molecule has 0 radical (unpaired) electrons. The number of hydrogen-bond donors (Lipinski definition) is 0. The Morgan fingerprint density at radius 3 is 2.40 bits per heavy atom. The van der Waals surface area contributed by atoms with Crippen molar-refractivity contribution in [2.24, 2.45) is 0 Å². The first-order chi connectivity index (χ1) is 8.93. The molecule has 2 aliphatic rings. The van der Waals surface area contributed by atoms with Gasteiger partial charge in [0.25, 0.3) is 0 Å². The Labute approximate surface area is 122 Å². The number of cyclic esters (lactones) is 1. The molecule has 0 N–H and O–H groups in total. The molecule has 2 saturated heterocycles. The van der Waals surface area contributed by atoms with Crippen molar-refractivity contribution < 1.29 is 23.4 Å². The van der Waals surface area contributed by atoms with Crippen molar-refractivity contribution in [3.63, 3.8) is 0 Å². The van der Waals surface area contributed by atoms with E-state index in [1.54, 1.807) is 0 Å². The third-order valence-corrected chi connectivity index (χ3v) is 8.83. The number of fused-ring (bicyclic) bond motifs is 1. The van der Waals surface area contributed by atoms with Gasteiger partial charge in [-0.3, -0.25) is 0 Å². The Balaban J connectivity index is 2.19. The van der Waals surface area contributed by atoms with Gasteiger partial charge in [-0.05, 0) is 32.0 Å². The summed E-state index contributed by atoms with van der Waals surface area (Å²) in [4.78, 5) is 12.1. The van der Waals surface area contributed by atoms with Crippen LogP contribution in [0.15, 0.2) is 0 Å². The van der Waals surface area contributed by atoms with E-state index in [1.807, 2.05) is 13.8 Å². The summed E-state index contributed by atoms with van der Waals surface area (Å²) in [5.74, 6) is -1.03. The Morgan fingerprint density at radius 1 is 1.25 bits per heavy atom. The molecule has 0 aromatic rings. The Bertz CT molecular complexity index is 399. The second kappa shape index (κ2) is 4.80. The lowest BCUT2D eigenvalue weighted by molar-refractivity contribution is -0.172. The Hall–Kier alpha value is -0.433. The average Bonchev–Trinajstić information content (AvgIpc) is 2.56. The summed E-state index contributed by atoms with van der Waals surface area (Å²) in [7, 11) is -2.08. The molecule has 5 nitrogen and oxygen atoms in total. The van der Waals surface area contributed by atoms with Crippen LogP contribution >= 0.6 is 0 Å². The normalized spacial score (nSPS) is 33.8. The summed E-state index contributed by atoms with van der Waals surface area (Å²) in [6.07, 6.45) is -1.30. The molecule has 2 aliphatic heterocycles. The van der Waals surface area contributed by atoms with Crippen molar-refractivity contribution in [2.75, 3.05) is 6.61 Å². The molecule has 3 atom stereocenters. The third-order valence-electron chi connectivity index (χ3n) is 4.37. The lowest BCUT2D eigenvalue weighted by atomic mass is 10.1. The van der Waals surface area contributed by atoms with Crippen molar-refractivity contribution in [1.82, 2.24) is 0 Å². The second-order valence-electron chi connectivity index (χ2n) is 7.57. The first-order valence-electron chi connectivity index (χ1n) is 7.13. The van der Waals surface area contributed by atoms with Gasteiger partial charge in [0, 0.05) is 0 Å². The van der Waals surface area contributed by atoms with E-state index in [0.29, 0.717) is 0 Å². The molecule has 0 saturated carbocycles. The fraction of sp³-hybridized carbons (Fsp3) is 0.929. The van der Waals surface area contributed by atoms with Gasteiger partial charge in [0.05, 0.1) is 0 Å². The number of carbonyl (C=O) groups excluding carboxylic acids is 1. The molecule has 116 valence electrons. The zero-order valence-electron chi connectivity index (χ0n) is 13.5. The maximum Gasteiger partial charge on any atom is 0.336 e. The minimum absolute atomic E-state index is 0.0230. The van der Waals surface area contributed by atoms with Gasteiger partial charge in [-0.15, -0.1) is 0 Å². The van der Waals surface area contributed by atoms with Gasteiger partial charge in [0.1, 0.15) is 18.8 Å². The highest BCUT2D eigenvalue weighted by Gasteiger charge is 2.54. The van der Waals surface area contributed by atoms with Gasteiger partial charge in [0.2, 0.25) is 0 Å². The van der Waals surface area contributed by atoms with Crippen molar-refractivity contribution in [3.8, 4) is 0 Å². The van der Waals surface area contributed by atoms with Gasteiger partial charge < -0.3 is 18.6 Å². The standard InChI is InChI=1S/C14H26O5Si/c1-13(2,3)20(6,7)19-11-10-9(8-16-12(11)15)17-14(4,5)18-10/h9-11H,8H2,1-7H3/t9-,10-,11+/m1/s1. The maximum atomic E-state index is 12.1. The smallest absolute Gasteiger partial charge is 0.336 e. The van der Waals surface area contributed by atoms with Crippen LogP contribution < -0.4 is 0 Å². The summed E-state index contributed by atoms with van der Waals surface area (Å²) >= 11 is 0. The average molecular weight is 302 g/mol. The molecule has 2 rings (SSSR count). The summed E-state index contributed by atoms with van der Waals surface area (Å²) < 4.78 is 23.1. The fourth-order valence-corrected chi connectivity index (χ4v) is 3.46. The summed E-state index contributed by atoms with van der Waals surface area (Å²) in [5, 5.41) is 0.0230. The topological polar surface area (TPSA) is 54.0 Å². The summed E-state index contributed by atoms with van der Waals surface area (Å²) in [5.41, 5.74) is 0. The second-order valence-corrected chi connectivity index (χ2v) is 12.3. The van der Waals surface area contributed by atoms with E-state index >= 15 is 0 Å². The molecule has 6 heteroatoms. The van der Waals surface area contributed by atoms with Crippen LogP contribution in [0, 0.1) is 0 Å². The van der Waals surface area contributed by atoms with Crippen LogP contribution in [0.5, 0.6) is 0 Å². The van der Waals surface area contributed by atoms with Gasteiger partial charge in [-0.1, -0.05) is 20.8 Å². The van der Waals surface area contributed by atoms with E-state index in [2.05, 4.69) is 33.9 Å². The molecule has 20 heavy (non-hydrogen) atoms. The number of carbonyl (C=O) groups is 1. The molecule has 0 aliphatic carbocycles. The van der Waals surface area contributed by atoms with Crippen LogP contribution in [0.2, 0.25) is 18.1 Å². The molecule has 0 aromatic carbocycles. The molecule has 2 heterocycles. The van der Waals surface area contributed by atoms with Crippen LogP contribution in [0.25, 0.3) is 0 Å². The highest BCUT2D eigenvalue weighted by atomic mass is 28.4. The summed E-state index contributed by atoms with van der Waals surface area (Å²) in [6, 6.07) is 0. The fourth-order valence-electron chi connectivity index (χ4n) is 2.24. The monoisotopic (exact) mass is 302 g/mol. The lowest BCUT2D eigenvalue weighted by Crippen LogP contribution is -2.56. The Kier molecular flexibility index (Phi) is 3.82. The van der Waals surface area contributed by atoms with E-state index < -0.39 is 20.2 Å². The molecule has 0 spiro atoms. The van der Waals surface area contributed by atoms with Crippen LogP contribution in [0.4, 0.5) is 0 Å². The number of ether oxygens (including phenoxy) is 3. The van der Waals surface area contributed by atoms with Crippen molar-refractivity contribution in [3.05, 3.63) is 0 Å². The van der Waals surface area contributed by atoms with E-state index in [9.17, 15) is 4.79 Å². The lowest BCUT2D eigenvalue weighted by Gasteiger charge is -2.41. The predicted octanol–water partition coefficient (Wildman–Crippen LogP) is 2.45. The van der Waals surface area contributed by atoms with E-state index in [0.717, 1.165) is 0 Å². The molecule has 0 unspecified atom stereocenters. The van der Waals surface area contributed by atoms with Crippen molar-refractivity contribution in [1.29, 1.82) is 0 Å². The highest BCUT2D eigenvalue weighted by molar-refractivity contribution is 6.74. The van der Waals surface area contributed by atoms with Gasteiger partial charge in [-0.2, -0.15) is 0 Å². The Morgan fingerprint density at radius 2 is 1.85 bits per heavy atom. The van der Waals surface area contributed by atoms with Crippen LogP contribution in [-0.2, 0) is 23.4 Å². The third kappa shape index (κ3) is 2.93. The van der Waals surface area contributed by atoms with Gasteiger partial charge in [-0.25, -0.2) is 4.79 Å². The molecule has 0 aromatic heterocycles. The molecular formula is C14H26O5Si. The predicted molar refractivity (Wildman–Crippen MR) is 76.9 cm³/mol. The van der Waals surface area contributed by atoms with Crippen LogP contribution in [0.1, 0.15) is 34.6 Å². The zero-order valence-corrected chi connectivity index (χ0v) is 14.5. The van der Waals surface area contributed by atoms with Crippen molar-refractivity contribution in [2.45, 2.75) is 76.8 Å². The number of rotatable bonds is 2. The zero-order chi connectivity index (χ0) is 15.3. The molecule has 0 amide bonds. The number of esters is 1. The van der Waals surface area contributed by atoms with Gasteiger partial charge >= 0.3 is 5.97 Å². The van der Waals surface area contributed by atoms with Crippen LogP contribution in [0.3, 0.4) is 0 Å².